The molecule has 0 unspecified atom stereocenters. The van der Waals surface area contributed by atoms with Crippen LogP contribution in [0.4, 0.5) is 5.82 Å². The average molecular weight is 381 g/mol. The van der Waals surface area contributed by atoms with Crippen LogP contribution in [-0.4, -0.2) is 34.4 Å². The number of carbonyl (C=O) groups is 1. The van der Waals surface area contributed by atoms with Crippen molar-refractivity contribution in [1.82, 2.24) is 14.9 Å². The highest BCUT2D eigenvalue weighted by Gasteiger charge is 2.22. The van der Waals surface area contributed by atoms with E-state index in [0.717, 1.165) is 34.9 Å². The molecule has 6 heteroatoms. The summed E-state index contributed by atoms with van der Waals surface area (Å²) in [6.45, 7) is 3.14. The summed E-state index contributed by atoms with van der Waals surface area (Å²) in [5, 5.41) is 4.57. The van der Waals surface area contributed by atoms with Crippen LogP contribution in [0.25, 0.3) is 10.2 Å². The molecule has 1 aliphatic rings. The molecule has 1 aromatic carbocycles. The summed E-state index contributed by atoms with van der Waals surface area (Å²) in [4.78, 5) is 26.0. The van der Waals surface area contributed by atoms with Gasteiger partial charge >= 0.3 is 0 Å². The van der Waals surface area contributed by atoms with Crippen LogP contribution in [0.5, 0.6) is 0 Å². The Kier molecular flexibility index (Phi) is 5.07. The van der Waals surface area contributed by atoms with E-state index in [9.17, 15) is 4.79 Å². The predicted molar refractivity (Wildman–Crippen MR) is 110 cm³/mol. The highest BCUT2D eigenvalue weighted by Crippen LogP contribution is 2.39. The number of nitrogens with zero attached hydrogens (tertiary/aromatic N) is 3. The lowest BCUT2D eigenvalue weighted by molar-refractivity contribution is -0.130. The summed E-state index contributed by atoms with van der Waals surface area (Å²) in [5.74, 6) is 1.79. The van der Waals surface area contributed by atoms with Crippen molar-refractivity contribution in [2.75, 3.05) is 18.9 Å². The highest BCUT2D eigenvalue weighted by molar-refractivity contribution is 7.19. The van der Waals surface area contributed by atoms with E-state index in [0.29, 0.717) is 19.5 Å². The van der Waals surface area contributed by atoms with Gasteiger partial charge in [-0.1, -0.05) is 30.3 Å². The van der Waals surface area contributed by atoms with Crippen molar-refractivity contribution >= 4 is 33.3 Å². The lowest BCUT2D eigenvalue weighted by atomic mass is 10.2. The van der Waals surface area contributed by atoms with Crippen molar-refractivity contribution in [2.45, 2.75) is 39.2 Å². The Morgan fingerprint density at radius 2 is 2.04 bits per heavy atom. The maximum Gasteiger partial charge on any atom is 0.224 e. The minimum Gasteiger partial charge on any atom is -0.369 e. The van der Waals surface area contributed by atoms with Gasteiger partial charge in [-0.05, 0) is 37.3 Å². The third kappa shape index (κ3) is 3.81. The number of amides is 1. The second kappa shape index (κ2) is 7.64. The van der Waals surface area contributed by atoms with Gasteiger partial charge in [0.2, 0.25) is 5.91 Å². The molecule has 140 valence electrons. The molecule has 0 aliphatic heterocycles. The normalized spacial score (nSPS) is 13.0. The summed E-state index contributed by atoms with van der Waals surface area (Å²) in [6, 6.07) is 10.1. The molecule has 0 fully saturated rings. The fraction of sp³-hybridized carbons (Fsp3) is 0.381. The first-order chi connectivity index (χ1) is 13.1. The first-order valence-electron chi connectivity index (χ1n) is 9.42. The fourth-order valence-corrected chi connectivity index (χ4v) is 4.96. The van der Waals surface area contributed by atoms with Gasteiger partial charge in [-0.2, -0.15) is 0 Å². The summed E-state index contributed by atoms with van der Waals surface area (Å²) in [6.07, 6.45) is 3.92. The molecule has 0 atom stereocenters. The number of nitrogens with one attached hydrogen (secondary N) is 1. The molecule has 27 heavy (non-hydrogen) atoms. The Balaban J connectivity index is 1.41. The first kappa shape index (κ1) is 17.9. The van der Waals surface area contributed by atoms with E-state index in [1.807, 2.05) is 44.3 Å². The van der Waals surface area contributed by atoms with Crippen molar-refractivity contribution in [2.24, 2.45) is 0 Å². The standard InChI is InChI=1S/C21H24N4OS/c1-14-23-20(19-16-9-6-10-17(16)27-21(19)24-14)22-12-11-18(26)25(2)13-15-7-4-3-5-8-15/h3-5,7-8H,6,9-13H2,1-2H3,(H,22,23,24). The largest absolute Gasteiger partial charge is 0.369 e. The molecular weight excluding hydrogens is 356 g/mol. The van der Waals surface area contributed by atoms with Crippen LogP contribution in [0, 0.1) is 6.92 Å². The number of hydrogen-bond donors (Lipinski definition) is 1. The Morgan fingerprint density at radius 1 is 1.22 bits per heavy atom. The van der Waals surface area contributed by atoms with Gasteiger partial charge in [-0.25, -0.2) is 9.97 Å². The zero-order valence-corrected chi connectivity index (χ0v) is 16.6. The molecule has 2 aromatic heterocycles. The molecule has 0 saturated heterocycles. The molecule has 0 saturated carbocycles. The van der Waals surface area contributed by atoms with Crippen molar-refractivity contribution in [3.8, 4) is 0 Å². The molecule has 5 nitrogen and oxygen atoms in total. The summed E-state index contributed by atoms with van der Waals surface area (Å²) in [7, 11) is 1.86. The SMILES string of the molecule is Cc1nc(NCCC(=O)N(C)Cc2ccccc2)c2c3c(sc2n1)CCC3. The predicted octanol–water partition coefficient (Wildman–Crippen LogP) is 3.95. The minimum atomic E-state index is 0.129. The Labute approximate surface area is 163 Å². The van der Waals surface area contributed by atoms with Gasteiger partial charge in [0.25, 0.3) is 0 Å². The maximum absolute atomic E-state index is 12.5. The smallest absolute Gasteiger partial charge is 0.224 e. The number of thiophene rings is 1. The van der Waals surface area contributed by atoms with Gasteiger partial charge < -0.3 is 10.2 Å². The lowest BCUT2D eigenvalue weighted by Gasteiger charge is -2.17. The van der Waals surface area contributed by atoms with Gasteiger partial charge in [0.1, 0.15) is 16.5 Å². The van der Waals surface area contributed by atoms with Crippen LogP contribution in [0.1, 0.15) is 34.7 Å². The molecule has 1 amide bonds. The monoisotopic (exact) mass is 380 g/mol. The van der Waals surface area contributed by atoms with Crippen LogP contribution >= 0.6 is 11.3 Å². The molecule has 4 rings (SSSR count). The van der Waals surface area contributed by atoms with E-state index in [1.54, 1.807) is 16.2 Å². The van der Waals surface area contributed by atoms with Crippen LogP contribution < -0.4 is 5.32 Å². The number of aromatic nitrogens is 2. The number of rotatable bonds is 6. The van der Waals surface area contributed by atoms with Crippen molar-refractivity contribution < 1.29 is 4.79 Å². The zero-order valence-electron chi connectivity index (χ0n) is 15.8. The van der Waals surface area contributed by atoms with E-state index in [4.69, 9.17) is 0 Å². The third-order valence-electron chi connectivity index (χ3n) is 5.00. The second-order valence-electron chi connectivity index (χ2n) is 7.07. The van der Waals surface area contributed by atoms with Crippen LogP contribution in [0.2, 0.25) is 0 Å². The molecule has 0 bridgehead atoms. The topological polar surface area (TPSA) is 58.1 Å². The summed E-state index contributed by atoms with van der Waals surface area (Å²) < 4.78 is 0. The summed E-state index contributed by atoms with van der Waals surface area (Å²) >= 11 is 1.79. The first-order valence-corrected chi connectivity index (χ1v) is 10.2. The zero-order chi connectivity index (χ0) is 18.8. The van der Waals surface area contributed by atoms with Gasteiger partial charge in [0.15, 0.2) is 0 Å². The summed E-state index contributed by atoms with van der Waals surface area (Å²) in [5.41, 5.74) is 2.55. The van der Waals surface area contributed by atoms with E-state index in [2.05, 4.69) is 15.3 Å². The second-order valence-corrected chi connectivity index (χ2v) is 8.15. The van der Waals surface area contributed by atoms with Crippen LogP contribution in [0.15, 0.2) is 30.3 Å². The molecule has 2 heterocycles. The molecule has 0 radical (unpaired) electrons. The van der Waals surface area contributed by atoms with Crippen LogP contribution in [-0.2, 0) is 24.2 Å². The third-order valence-corrected chi connectivity index (χ3v) is 6.18. The van der Waals surface area contributed by atoms with E-state index >= 15 is 0 Å². The molecule has 0 spiro atoms. The van der Waals surface area contributed by atoms with Crippen LogP contribution in [0.3, 0.4) is 0 Å². The van der Waals surface area contributed by atoms with Crippen molar-refractivity contribution in [3.05, 3.63) is 52.2 Å². The number of benzene rings is 1. The molecule has 3 aromatic rings. The van der Waals surface area contributed by atoms with Gasteiger partial charge in [-0.3, -0.25) is 4.79 Å². The number of anilines is 1. The lowest BCUT2D eigenvalue weighted by Crippen LogP contribution is -2.27. The van der Waals surface area contributed by atoms with Gasteiger partial charge in [-0.15, -0.1) is 11.3 Å². The molecule has 1 aliphatic carbocycles. The fourth-order valence-electron chi connectivity index (χ4n) is 3.65. The van der Waals surface area contributed by atoms with Gasteiger partial charge in [0, 0.05) is 31.4 Å². The van der Waals surface area contributed by atoms with E-state index in [1.165, 1.54) is 22.2 Å². The Hall–Kier alpha value is -2.47. The van der Waals surface area contributed by atoms with Crippen molar-refractivity contribution in [3.63, 3.8) is 0 Å². The number of hydrogen-bond acceptors (Lipinski definition) is 5. The number of fused-ring (bicyclic) bond motifs is 3. The average Bonchev–Trinajstić information content (AvgIpc) is 3.22. The number of carbonyl (C=O) groups excluding carboxylic acids is 1. The molecule has 1 N–H and O–H groups in total. The Morgan fingerprint density at radius 3 is 2.85 bits per heavy atom. The van der Waals surface area contributed by atoms with E-state index < -0.39 is 0 Å². The highest BCUT2D eigenvalue weighted by atomic mass is 32.1. The number of aryl methyl sites for hydroxylation is 3. The minimum absolute atomic E-state index is 0.129. The van der Waals surface area contributed by atoms with Crippen molar-refractivity contribution in [1.29, 1.82) is 0 Å². The molecular formula is C21H24N4OS. The maximum atomic E-state index is 12.5. The quantitative estimate of drug-likeness (QED) is 0.703. The Bertz CT molecular complexity index is 967. The van der Waals surface area contributed by atoms with Gasteiger partial charge in [0.05, 0.1) is 5.39 Å². The van der Waals surface area contributed by atoms with E-state index in [-0.39, 0.29) is 5.91 Å².